The molecule has 0 spiro atoms. The Hall–Kier alpha value is -2.86. The maximum atomic E-state index is 12.9. The van der Waals surface area contributed by atoms with Gasteiger partial charge in [-0.3, -0.25) is 4.79 Å². The van der Waals surface area contributed by atoms with Crippen molar-refractivity contribution in [2.24, 2.45) is 5.92 Å². The number of hydrogen-bond acceptors (Lipinski definition) is 4. The minimum atomic E-state index is -0.990. The number of aromatic carboxylic acids is 1. The molecule has 1 amide bonds. The van der Waals surface area contributed by atoms with Gasteiger partial charge in [-0.15, -0.1) is 0 Å². The van der Waals surface area contributed by atoms with E-state index in [4.69, 9.17) is 5.11 Å². The van der Waals surface area contributed by atoms with E-state index >= 15 is 0 Å². The van der Waals surface area contributed by atoms with Crippen LogP contribution < -0.4 is 5.32 Å². The molecule has 29 heavy (non-hydrogen) atoms. The number of carbonyl (C=O) groups excluding carboxylic acids is 1. The highest BCUT2D eigenvalue weighted by molar-refractivity contribution is 5.92. The van der Waals surface area contributed by atoms with E-state index < -0.39 is 5.97 Å². The molecule has 1 saturated heterocycles. The van der Waals surface area contributed by atoms with Gasteiger partial charge in [0, 0.05) is 18.2 Å². The molecular formula is C23H26N2O4. The zero-order valence-electron chi connectivity index (χ0n) is 16.7. The first-order valence-electron chi connectivity index (χ1n) is 9.94. The van der Waals surface area contributed by atoms with E-state index in [0.717, 1.165) is 24.9 Å². The number of anilines is 1. The maximum absolute atomic E-state index is 12.9. The second kappa shape index (κ2) is 7.19. The van der Waals surface area contributed by atoms with Gasteiger partial charge >= 0.3 is 5.97 Å². The molecule has 1 fully saturated rings. The van der Waals surface area contributed by atoms with Crippen LogP contribution in [0.15, 0.2) is 42.5 Å². The summed E-state index contributed by atoms with van der Waals surface area (Å²) in [6.45, 7) is 3.18. The highest BCUT2D eigenvalue weighted by Gasteiger charge is 2.50. The van der Waals surface area contributed by atoms with Gasteiger partial charge in [0.25, 0.3) is 0 Å². The van der Waals surface area contributed by atoms with Crippen LogP contribution in [0.1, 0.15) is 41.3 Å². The van der Waals surface area contributed by atoms with Gasteiger partial charge < -0.3 is 20.4 Å². The summed E-state index contributed by atoms with van der Waals surface area (Å²) in [5.74, 6) is -0.665. The molecule has 6 heteroatoms. The van der Waals surface area contributed by atoms with Crippen molar-refractivity contribution in [2.45, 2.75) is 37.6 Å². The Morgan fingerprint density at radius 3 is 2.62 bits per heavy atom. The number of aromatic hydroxyl groups is 1. The Morgan fingerprint density at radius 1 is 1.21 bits per heavy atom. The number of hydrogen-bond donors (Lipinski definition) is 3. The average Bonchev–Trinajstić information content (AvgIpc) is 2.68. The Morgan fingerprint density at radius 2 is 1.93 bits per heavy atom. The van der Waals surface area contributed by atoms with Crippen LogP contribution in [-0.4, -0.2) is 46.6 Å². The molecule has 1 heterocycles. The lowest BCUT2D eigenvalue weighted by atomic mass is 9.57. The Kier molecular flexibility index (Phi) is 4.82. The third kappa shape index (κ3) is 3.49. The third-order valence-corrected chi connectivity index (χ3v) is 6.79. The van der Waals surface area contributed by atoms with Crippen molar-refractivity contribution in [3.8, 4) is 5.75 Å². The molecule has 2 aromatic rings. The number of rotatable bonds is 4. The number of benzene rings is 2. The predicted molar refractivity (Wildman–Crippen MR) is 110 cm³/mol. The molecule has 3 atom stereocenters. The summed E-state index contributed by atoms with van der Waals surface area (Å²) >= 11 is 0. The fourth-order valence-electron chi connectivity index (χ4n) is 5.09. The van der Waals surface area contributed by atoms with Gasteiger partial charge in [0.15, 0.2) is 0 Å². The molecule has 152 valence electrons. The third-order valence-electron chi connectivity index (χ3n) is 6.79. The predicted octanol–water partition coefficient (Wildman–Crippen LogP) is 3.25. The number of carboxylic acid groups (broad SMARTS) is 1. The molecular weight excluding hydrogens is 368 g/mol. The van der Waals surface area contributed by atoms with E-state index in [1.54, 1.807) is 18.2 Å². The fraction of sp³-hybridized carbons (Fsp3) is 0.391. The summed E-state index contributed by atoms with van der Waals surface area (Å²) in [4.78, 5) is 26.2. The lowest BCUT2D eigenvalue weighted by Crippen LogP contribution is -2.58. The second-order valence-corrected chi connectivity index (χ2v) is 8.50. The van der Waals surface area contributed by atoms with Gasteiger partial charge in [0.2, 0.25) is 5.91 Å². The van der Waals surface area contributed by atoms with Crippen LogP contribution in [0.3, 0.4) is 0 Å². The SMILES string of the molecule is CN1CC[C@]2(C)c3cc(O)ccc3CC1[C@@H]2CC(=O)Nc1ccc(C(=O)O)cc1. The number of likely N-dealkylation sites (tertiary alicyclic amines) is 1. The van der Waals surface area contributed by atoms with E-state index in [1.165, 1.54) is 17.7 Å². The summed E-state index contributed by atoms with van der Waals surface area (Å²) < 4.78 is 0. The van der Waals surface area contributed by atoms with Crippen molar-refractivity contribution in [2.75, 3.05) is 18.9 Å². The molecule has 4 rings (SSSR count). The van der Waals surface area contributed by atoms with Gasteiger partial charge in [-0.05, 0) is 85.3 Å². The molecule has 0 saturated carbocycles. The van der Waals surface area contributed by atoms with Crippen LogP contribution in [0.25, 0.3) is 0 Å². The van der Waals surface area contributed by atoms with Crippen molar-refractivity contribution in [3.63, 3.8) is 0 Å². The molecule has 1 unspecified atom stereocenters. The van der Waals surface area contributed by atoms with Crippen LogP contribution in [0.2, 0.25) is 0 Å². The van der Waals surface area contributed by atoms with E-state index in [9.17, 15) is 14.7 Å². The summed E-state index contributed by atoms with van der Waals surface area (Å²) in [7, 11) is 2.12. The smallest absolute Gasteiger partial charge is 0.335 e. The molecule has 1 aliphatic carbocycles. The lowest BCUT2D eigenvalue weighted by Gasteiger charge is -2.54. The highest BCUT2D eigenvalue weighted by Crippen LogP contribution is 2.50. The minimum absolute atomic E-state index is 0.0757. The number of likely N-dealkylation sites (N-methyl/N-ethyl adjacent to an activating group) is 1. The number of phenolic OH excluding ortho intramolecular Hbond substituents is 1. The van der Waals surface area contributed by atoms with Crippen LogP contribution in [0.5, 0.6) is 5.75 Å². The van der Waals surface area contributed by atoms with Crippen molar-refractivity contribution in [1.29, 1.82) is 0 Å². The van der Waals surface area contributed by atoms with Crippen molar-refractivity contribution in [1.82, 2.24) is 4.90 Å². The van der Waals surface area contributed by atoms with Crippen LogP contribution in [0, 0.1) is 5.92 Å². The molecule has 6 nitrogen and oxygen atoms in total. The zero-order chi connectivity index (χ0) is 20.8. The fourth-order valence-corrected chi connectivity index (χ4v) is 5.09. The number of amides is 1. The number of piperidine rings is 1. The van der Waals surface area contributed by atoms with Gasteiger partial charge in [-0.1, -0.05) is 13.0 Å². The van der Waals surface area contributed by atoms with Gasteiger partial charge in [-0.25, -0.2) is 4.79 Å². The molecule has 2 bridgehead atoms. The van der Waals surface area contributed by atoms with Crippen LogP contribution in [-0.2, 0) is 16.6 Å². The van der Waals surface area contributed by atoms with Crippen LogP contribution in [0.4, 0.5) is 5.69 Å². The molecule has 0 aromatic heterocycles. The normalized spacial score (nSPS) is 25.9. The summed E-state index contributed by atoms with van der Waals surface area (Å²) in [5, 5.41) is 22.0. The largest absolute Gasteiger partial charge is 0.508 e. The Balaban J connectivity index is 1.57. The van der Waals surface area contributed by atoms with Crippen LogP contribution >= 0.6 is 0 Å². The molecule has 3 N–H and O–H groups in total. The average molecular weight is 394 g/mol. The quantitative estimate of drug-likeness (QED) is 0.741. The van der Waals surface area contributed by atoms with Gasteiger partial charge in [-0.2, -0.15) is 0 Å². The number of nitrogens with zero attached hydrogens (tertiary/aromatic N) is 1. The molecule has 2 aromatic carbocycles. The number of phenols is 1. The van der Waals surface area contributed by atoms with E-state index in [-0.39, 0.29) is 34.6 Å². The summed E-state index contributed by atoms with van der Waals surface area (Å²) in [6.07, 6.45) is 2.18. The topological polar surface area (TPSA) is 89.9 Å². The van der Waals surface area contributed by atoms with Crippen molar-refractivity contribution in [3.05, 3.63) is 59.2 Å². The lowest BCUT2D eigenvalue weighted by molar-refractivity contribution is -0.119. The monoisotopic (exact) mass is 394 g/mol. The molecule has 1 aliphatic heterocycles. The van der Waals surface area contributed by atoms with Crippen molar-refractivity contribution < 1.29 is 19.8 Å². The van der Waals surface area contributed by atoms with Gasteiger partial charge in [0.05, 0.1) is 5.56 Å². The number of carboxylic acids is 1. The molecule has 2 aliphatic rings. The summed E-state index contributed by atoms with van der Waals surface area (Å²) in [6, 6.07) is 12.1. The van der Waals surface area contributed by atoms with Crippen molar-refractivity contribution >= 4 is 17.6 Å². The number of carbonyl (C=O) groups is 2. The van der Waals surface area contributed by atoms with E-state index in [1.807, 2.05) is 12.1 Å². The second-order valence-electron chi connectivity index (χ2n) is 8.50. The van der Waals surface area contributed by atoms with E-state index in [0.29, 0.717) is 12.1 Å². The first-order chi connectivity index (χ1) is 13.8. The van der Waals surface area contributed by atoms with E-state index in [2.05, 4.69) is 24.2 Å². The minimum Gasteiger partial charge on any atom is -0.508 e. The number of nitrogens with one attached hydrogen (secondary N) is 1. The highest BCUT2D eigenvalue weighted by atomic mass is 16.4. The first-order valence-corrected chi connectivity index (χ1v) is 9.94. The summed E-state index contributed by atoms with van der Waals surface area (Å²) in [5.41, 5.74) is 3.02. The maximum Gasteiger partial charge on any atom is 0.335 e. The Bertz CT molecular complexity index is 956. The standard InChI is InChI=1S/C23H26N2O4/c1-23-9-10-25(2)20(11-15-5-8-17(26)12-18(15)23)19(23)13-21(27)24-16-6-3-14(4-7-16)22(28)29/h3-8,12,19-20,26H,9-11,13H2,1-2H3,(H,24,27)(H,28,29)/t19-,20?,23+/m0/s1. The van der Waals surface area contributed by atoms with Gasteiger partial charge in [0.1, 0.15) is 5.75 Å². The molecule has 0 radical (unpaired) electrons. The first kappa shape index (κ1) is 19.5. The Labute approximate surface area is 170 Å². The zero-order valence-corrected chi connectivity index (χ0v) is 16.7. The number of fused-ring (bicyclic) bond motifs is 4.